The van der Waals surface area contributed by atoms with Crippen LogP contribution in [0.3, 0.4) is 0 Å². The van der Waals surface area contributed by atoms with Crippen LogP contribution >= 0.6 is 0 Å². The minimum atomic E-state index is -0.656. The van der Waals surface area contributed by atoms with E-state index in [9.17, 15) is 14.4 Å². The minimum absolute atomic E-state index is 0.156. The molecule has 0 saturated carbocycles. The van der Waals surface area contributed by atoms with Crippen LogP contribution in [-0.2, 0) is 19.1 Å². The van der Waals surface area contributed by atoms with Crippen LogP contribution in [0.2, 0.25) is 0 Å². The molecule has 0 aromatic heterocycles. The van der Waals surface area contributed by atoms with Gasteiger partial charge in [0, 0.05) is 36.3 Å². The number of nitrogens with one attached hydrogen (secondary N) is 1. The molecule has 1 aliphatic rings. The van der Waals surface area contributed by atoms with Crippen LogP contribution in [-0.4, -0.2) is 37.0 Å². The second-order valence-electron chi connectivity index (χ2n) is 6.07. The van der Waals surface area contributed by atoms with Gasteiger partial charge in [-0.2, -0.15) is 0 Å². The summed E-state index contributed by atoms with van der Waals surface area (Å²) in [5, 5.41) is 6.57. The predicted molar refractivity (Wildman–Crippen MR) is 95.7 cm³/mol. The van der Waals surface area contributed by atoms with Crippen LogP contribution in [0.5, 0.6) is 5.75 Å². The summed E-state index contributed by atoms with van der Waals surface area (Å²) in [6.45, 7) is 2.67. The third-order valence-electron chi connectivity index (χ3n) is 4.16. The fourth-order valence-corrected chi connectivity index (χ4v) is 3.09. The Bertz CT molecular complexity index is 812. The molecule has 0 saturated heterocycles. The molecule has 0 fully saturated rings. The zero-order valence-corrected chi connectivity index (χ0v) is 15.2. The van der Waals surface area contributed by atoms with E-state index in [4.69, 9.17) is 15.0 Å². The Labute approximate surface area is 156 Å². The number of esters is 2. The number of hydrogen-bond acceptors (Lipinski definition) is 6. The summed E-state index contributed by atoms with van der Waals surface area (Å²) in [7, 11) is 1.27. The van der Waals surface area contributed by atoms with Crippen molar-refractivity contribution in [3.8, 4) is 5.75 Å². The number of rotatable bonds is 5. The van der Waals surface area contributed by atoms with Gasteiger partial charge in [-0.25, -0.2) is 4.79 Å². The van der Waals surface area contributed by atoms with Crippen molar-refractivity contribution >= 4 is 17.8 Å². The standard InChI is InChI=1S/C18H20N4O5/c1-10(23)20-17-15(12-4-6-14(7-5-12)27-11(2)24)8-13(18(25)26-3)9-16(17)21-22-19/h4-8,15-17H,9H2,1-3H3,(H,20,23)/t15-,16-,17-/m0/s1. The summed E-state index contributed by atoms with van der Waals surface area (Å²) in [6.07, 6.45) is 1.86. The number of amides is 1. The summed E-state index contributed by atoms with van der Waals surface area (Å²) in [5.74, 6) is -1.29. The molecule has 3 atom stereocenters. The molecule has 0 bridgehead atoms. The average molecular weight is 372 g/mol. The van der Waals surface area contributed by atoms with Crippen molar-refractivity contribution < 1.29 is 23.9 Å². The van der Waals surface area contributed by atoms with Crippen LogP contribution in [0.4, 0.5) is 0 Å². The highest BCUT2D eigenvalue weighted by atomic mass is 16.5. The molecule has 9 nitrogen and oxygen atoms in total. The molecule has 1 aromatic rings. The highest BCUT2D eigenvalue weighted by Crippen LogP contribution is 2.34. The largest absolute Gasteiger partial charge is 0.466 e. The summed E-state index contributed by atoms with van der Waals surface area (Å²) in [6, 6.07) is 5.49. The first-order valence-corrected chi connectivity index (χ1v) is 8.24. The van der Waals surface area contributed by atoms with Gasteiger partial charge >= 0.3 is 11.9 Å². The molecular weight excluding hydrogens is 352 g/mol. The van der Waals surface area contributed by atoms with Gasteiger partial charge < -0.3 is 14.8 Å². The number of methoxy groups -OCH3 is 1. The molecule has 0 aliphatic heterocycles. The van der Waals surface area contributed by atoms with Crippen LogP contribution in [0.15, 0.2) is 41.0 Å². The Balaban J connectivity index is 2.47. The fraction of sp³-hybridized carbons (Fsp3) is 0.389. The maximum atomic E-state index is 12.0. The van der Waals surface area contributed by atoms with Crippen LogP contribution in [0, 0.1) is 0 Å². The number of carbonyl (C=O) groups is 3. The van der Waals surface area contributed by atoms with Gasteiger partial charge in [-0.1, -0.05) is 23.3 Å². The quantitative estimate of drug-likeness (QED) is 0.279. The van der Waals surface area contributed by atoms with E-state index in [-0.39, 0.29) is 12.3 Å². The summed E-state index contributed by atoms with van der Waals surface area (Å²) in [5.41, 5.74) is 10.0. The Morgan fingerprint density at radius 2 is 1.89 bits per heavy atom. The monoisotopic (exact) mass is 372 g/mol. The summed E-state index contributed by atoms with van der Waals surface area (Å²) in [4.78, 5) is 37.6. The lowest BCUT2D eigenvalue weighted by Gasteiger charge is -2.35. The van der Waals surface area contributed by atoms with Crippen molar-refractivity contribution in [1.29, 1.82) is 0 Å². The molecule has 0 heterocycles. The third kappa shape index (κ3) is 5.08. The Morgan fingerprint density at radius 1 is 1.22 bits per heavy atom. The van der Waals surface area contributed by atoms with Crippen LogP contribution in [0.1, 0.15) is 31.7 Å². The van der Waals surface area contributed by atoms with Gasteiger partial charge in [0.15, 0.2) is 0 Å². The van der Waals surface area contributed by atoms with Gasteiger partial charge in [0.25, 0.3) is 0 Å². The van der Waals surface area contributed by atoms with Gasteiger partial charge in [-0.05, 0) is 29.6 Å². The molecule has 1 amide bonds. The number of nitrogens with zero attached hydrogens (tertiary/aromatic N) is 3. The molecule has 1 aliphatic carbocycles. The van der Waals surface area contributed by atoms with Gasteiger partial charge in [-0.3, -0.25) is 9.59 Å². The molecule has 27 heavy (non-hydrogen) atoms. The van der Waals surface area contributed by atoms with Crippen LogP contribution < -0.4 is 10.1 Å². The van der Waals surface area contributed by atoms with E-state index in [2.05, 4.69) is 15.3 Å². The maximum Gasteiger partial charge on any atom is 0.333 e. The van der Waals surface area contributed by atoms with Crippen molar-refractivity contribution in [2.24, 2.45) is 5.11 Å². The van der Waals surface area contributed by atoms with Gasteiger partial charge in [0.05, 0.1) is 13.2 Å². The van der Waals surface area contributed by atoms with Gasteiger partial charge in [0.2, 0.25) is 5.91 Å². The van der Waals surface area contributed by atoms with Gasteiger partial charge in [-0.15, -0.1) is 0 Å². The molecule has 9 heteroatoms. The number of benzene rings is 1. The molecule has 1 N–H and O–H groups in total. The second-order valence-corrected chi connectivity index (χ2v) is 6.07. The zero-order valence-electron chi connectivity index (χ0n) is 15.2. The van der Waals surface area contributed by atoms with Crippen LogP contribution in [0.25, 0.3) is 10.4 Å². The van der Waals surface area contributed by atoms with E-state index in [0.29, 0.717) is 11.3 Å². The highest BCUT2D eigenvalue weighted by Gasteiger charge is 2.36. The average Bonchev–Trinajstić information content (AvgIpc) is 2.62. The third-order valence-corrected chi connectivity index (χ3v) is 4.16. The first-order valence-electron chi connectivity index (χ1n) is 8.24. The van der Waals surface area contributed by atoms with Crippen molar-refractivity contribution in [2.45, 2.75) is 38.3 Å². The lowest BCUT2D eigenvalue weighted by atomic mass is 9.78. The molecule has 0 radical (unpaired) electrons. The van der Waals surface area contributed by atoms with E-state index >= 15 is 0 Å². The number of azide groups is 1. The summed E-state index contributed by atoms with van der Waals surface area (Å²) < 4.78 is 9.81. The van der Waals surface area contributed by atoms with E-state index in [1.807, 2.05) is 0 Å². The van der Waals surface area contributed by atoms with E-state index < -0.39 is 29.9 Å². The summed E-state index contributed by atoms with van der Waals surface area (Å²) >= 11 is 0. The Morgan fingerprint density at radius 3 is 2.41 bits per heavy atom. The molecule has 1 aromatic carbocycles. The van der Waals surface area contributed by atoms with E-state index in [1.54, 1.807) is 30.3 Å². The first-order chi connectivity index (χ1) is 12.8. The predicted octanol–water partition coefficient (Wildman–Crippen LogP) is 2.38. The molecule has 0 unspecified atom stereocenters. The molecule has 0 spiro atoms. The number of hydrogen-bond donors (Lipinski definition) is 1. The Kier molecular flexibility index (Phi) is 6.56. The molecular formula is C18H20N4O5. The minimum Gasteiger partial charge on any atom is -0.466 e. The maximum absolute atomic E-state index is 12.0. The lowest BCUT2D eigenvalue weighted by molar-refractivity contribution is -0.136. The number of ether oxygens (including phenoxy) is 2. The van der Waals surface area contributed by atoms with E-state index in [0.717, 1.165) is 5.56 Å². The second kappa shape index (κ2) is 8.86. The lowest BCUT2D eigenvalue weighted by Crippen LogP contribution is -2.47. The zero-order chi connectivity index (χ0) is 20.0. The molecule has 142 valence electrons. The topological polar surface area (TPSA) is 130 Å². The normalized spacial score (nSPS) is 21.3. The van der Waals surface area contributed by atoms with Crippen molar-refractivity contribution in [2.75, 3.05) is 7.11 Å². The van der Waals surface area contributed by atoms with Crippen molar-refractivity contribution in [1.82, 2.24) is 5.32 Å². The Hall–Kier alpha value is -3.32. The smallest absolute Gasteiger partial charge is 0.333 e. The van der Waals surface area contributed by atoms with Gasteiger partial charge in [0.1, 0.15) is 5.75 Å². The van der Waals surface area contributed by atoms with E-state index in [1.165, 1.54) is 21.0 Å². The fourth-order valence-electron chi connectivity index (χ4n) is 3.09. The van der Waals surface area contributed by atoms with Crippen molar-refractivity contribution in [3.05, 3.63) is 51.9 Å². The molecule has 2 rings (SSSR count). The van der Waals surface area contributed by atoms with Crippen molar-refractivity contribution in [3.63, 3.8) is 0 Å². The SMILES string of the molecule is COC(=O)C1=C[C@@H](c2ccc(OC(C)=O)cc2)[C@H](NC(C)=O)[C@@H](N=[N+]=[N-])C1. The first kappa shape index (κ1) is 20.0. The number of carbonyl (C=O) groups excluding carboxylic acids is 3. The highest BCUT2D eigenvalue weighted by molar-refractivity contribution is 5.89.